The second-order valence-electron chi connectivity index (χ2n) is 3.53. The molecule has 1 aliphatic rings. The molecule has 2 nitrogen and oxygen atoms in total. The number of rotatable bonds is 2. The molecule has 0 unspecified atom stereocenters. The third-order valence-corrected chi connectivity index (χ3v) is 3.54. The predicted molar refractivity (Wildman–Crippen MR) is 58.8 cm³/mol. The maximum atomic E-state index is 13.3. The Balaban J connectivity index is 2.03. The molecule has 15 heavy (non-hydrogen) atoms. The van der Waals surface area contributed by atoms with E-state index in [-0.39, 0.29) is 16.9 Å². The molecule has 0 aliphatic carbocycles. The molecule has 1 N–H and O–H groups in total. The maximum absolute atomic E-state index is 13.3. The molecule has 2 rings (SSSR count). The van der Waals surface area contributed by atoms with Crippen molar-refractivity contribution in [2.24, 2.45) is 0 Å². The largest absolute Gasteiger partial charge is 0.508 e. The molecule has 1 fully saturated rings. The lowest BCUT2D eigenvalue weighted by atomic mass is 10.2. The third-order valence-electron chi connectivity index (χ3n) is 2.31. The van der Waals surface area contributed by atoms with Crippen molar-refractivity contribution in [2.75, 3.05) is 5.75 Å². The summed E-state index contributed by atoms with van der Waals surface area (Å²) in [4.78, 5) is 0. The molecule has 1 saturated heterocycles. The second-order valence-corrected chi connectivity index (χ2v) is 4.80. The molecule has 0 saturated carbocycles. The molecule has 1 heterocycles. The van der Waals surface area contributed by atoms with Crippen molar-refractivity contribution in [3.63, 3.8) is 0 Å². The normalized spacial score (nSPS) is 21.3. The highest BCUT2D eigenvalue weighted by molar-refractivity contribution is 7.99. The molecule has 82 valence electrons. The Morgan fingerprint density at radius 2 is 2.27 bits per heavy atom. The molecule has 1 aromatic rings. The van der Waals surface area contributed by atoms with Gasteiger partial charge in [-0.3, -0.25) is 0 Å². The number of benzene rings is 1. The highest BCUT2D eigenvalue weighted by atomic mass is 32.2. The number of halogens is 1. The Morgan fingerprint density at radius 3 is 2.93 bits per heavy atom. The fourth-order valence-corrected chi connectivity index (χ4v) is 2.67. The molecule has 1 aliphatic heterocycles. The van der Waals surface area contributed by atoms with Gasteiger partial charge in [0.1, 0.15) is 11.2 Å². The summed E-state index contributed by atoms with van der Waals surface area (Å²) in [7, 11) is 0. The summed E-state index contributed by atoms with van der Waals surface area (Å²) in [5.74, 6) is 0.731. The first-order valence-corrected chi connectivity index (χ1v) is 6.07. The summed E-state index contributed by atoms with van der Waals surface area (Å²) >= 11 is 1.72. The molecule has 0 radical (unpaired) electrons. The van der Waals surface area contributed by atoms with Crippen molar-refractivity contribution < 1.29 is 14.2 Å². The Kier molecular flexibility index (Phi) is 3.36. The van der Waals surface area contributed by atoms with E-state index < -0.39 is 5.82 Å². The first-order valence-electron chi connectivity index (χ1n) is 5.02. The van der Waals surface area contributed by atoms with Gasteiger partial charge in [-0.15, -0.1) is 11.8 Å². The zero-order valence-corrected chi connectivity index (χ0v) is 9.10. The number of hydrogen-bond donors (Lipinski definition) is 1. The van der Waals surface area contributed by atoms with Gasteiger partial charge in [0.05, 0.1) is 0 Å². The van der Waals surface area contributed by atoms with Crippen LogP contribution in [0.5, 0.6) is 11.5 Å². The van der Waals surface area contributed by atoms with Gasteiger partial charge in [-0.05, 0) is 37.1 Å². The number of phenolic OH excluding ortho intramolecular Hbond substituents is 1. The zero-order chi connectivity index (χ0) is 10.7. The molecule has 0 amide bonds. The van der Waals surface area contributed by atoms with E-state index in [1.54, 1.807) is 11.8 Å². The zero-order valence-electron chi connectivity index (χ0n) is 8.28. The lowest BCUT2D eigenvalue weighted by molar-refractivity contribution is 0.255. The molecule has 0 spiro atoms. The van der Waals surface area contributed by atoms with Gasteiger partial charge in [0, 0.05) is 6.07 Å². The monoisotopic (exact) mass is 228 g/mol. The van der Waals surface area contributed by atoms with E-state index in [1.807, 2.05) is 0 Å². The van der Waals surface area contributed by atoms with E-state index in [4.69, 9.17) is 9.84 Å². The van der Waals surface area contributed by atoms with Gasteiger partial charge in [-0.2, -0.15) is 0 Å². The average Bonchev–Trinajstić information content (AvgIpc) is 2.24. The summed E-state index contributed by atoms with van der Waals surface area (Å²) in [6.07, 6.45) is 3.31. The topological polar surface area (TPSA) is 29.5 Å². The number of phenols is 1. The Bertz CT molecular complexity index is 337. The first kappa shape index (κ1) is 10.6. The lowest BCUT2D eigenvalue weighted by Crippen LogP contribution is -2.17. The molecular formula is C11H13FO2S. The first-order chi connectivity index (χ1) is 7.25. The summed E-state index contributed by atoms with van der Waals surface area (Å²) in [5, 5.41) is 9.04. The number of aromatic hydroxyl groups is 1. The molecule has 0 bridgehead atoms. The Morgan fingerprint density at radius 1 is 1.40 bits per heavy atom. The third kappa shape index (κ3) is 2.78. The minimum atomic E-state index is -0.499. The fourth-order valence-electron chi connectivity index (χ4n) is 1.53. The molecule has 4 heteroatoms. The van der Waals surface area contributed by atoms with Crippen molar-refractivity contribution >= 4 is 11.8 Å². The van der Waals surface area contributed by atoms with Gasteiger partial charge in [0.2, 0.25) is 0 Å². The lowest BCUT2D eigenvalue weighted by Gasteiger charge is -2.22. The highest BCUT2D eigenvalue weighted by Gasteiger charge is 2.17. The van der Waals surface area contributed by atoms with Crippen molar-refractivity contribution in [3.8, 4) is 11.5 Å². The van der Waals surface area contributed by atoms with Crippen molar-refractivity contribution in [2.45, 2.75) is 24.7 Å². The molecule has 0 aromatic heterocycles. The summed E-state index contributed by atoms with van der Waals surface area (Å²) in [5.41, 5.74) is 0.0535. The maximum Gasteiger partial charge on any atom is 0.168 e. The summed E-state index contributed by atoms with van der Waals surface area (Å²) in [6.45, 7) is 0. The van der Waals surface area contributed by atoms with Crippen LogP contribution in [0, 0.1) is 5.82 Å². The van der Waals surface area contributed by atoms with E-state index in [9.17, 15) is 4.39 Å². The van der Waals surface area contributed by atoms with Crippen LogP contribution in [0.3, 0.4) is 0 Å². The number of ether oxygens (including phenoxy) is 1. The van der Waals surface area contributed by atoms with Gasteiger partial charge >= 0.3 is 0 Å². The standard InChI is InChI=1S/C11H13FO2S/c12-9-7-8(13)4-5-10(9)14-11-3-1-2-6-15-11/h4-5,7,11,13H,1-3,6H2/t11-/m0/s1. The smallest absolute Gasteiger partial charge is 0.168 e. The number of hydrogen-bond acceptors (Lipinski definition) is 3. The van der Waals surface area contributed by atoms with Crippen LogP contribution in [-0.4, -0.2) is 16.3 Å². The van der Waals surface area contributed by atoms with Crippen molar-refractivity contribution in [3.05, 3.63) is 24.0 Å². The van der Waals surface area contributed by atoms with Crippen molar-refractivity contribution in [1.82, 2.24) is 0 Å². The van der Waals surface area contributed by atoms with Crippen LogP contribution in [0.1, 0.15) is 19.3 Å². The van der Waals surface area contributed by atoms with E-state index in [2.05, 4.69) is 0 Å². The van der Waals surface area contributed by atoms with Crippen LogP contribution in [0.2, 0.25) is 0 Å². The minimum Gasteiger partial charge on any atom is -0.508 e. The summed E-state index contributed by atoms with van der Waals surface area (Å²) in [6, 6.07) is 3.98. The Hall–Kier alpha value is -0.900. The van der Waals surface area contributed by atoms with Gasteiger partial charge in [0.15, 0.2) is 11.6 Å². The van der Waals surface area contributed by atoms with E-state index in [1.165, 1.54) is 18.6 Å². The highest BCUT2D eigenvalue weighted by Crippen LogP contribution is 2.30. The van der Waals surface area contributed by atoms with Gasteiger partial charge in [0.25, 0.3) is 0 Å². The minimum absolute atomic E-state index is 0.0535. The van der Waals surface area contributed by atoms with Gasteiger partial charge in [-0.1, -0.05) is 0 Å². The van der Waals surface area contributed by atoms with Crippen molar-refractivity contribution in [1.29, 1.82) is 0 Å². The molecular weight excluding hydrogens is 215 g/mol. The predicted octanol–water partition coefficient (Wildman–Crippen LogP) is 3.15. The van der Waals surface area contributed by atoms with E-state index in [0.29, 0.717) is 0 Å². The number of thioether (sulfide) groups is 1. The van der Waals surface area contributed by atoms with E-state index >= 15 is 0 Å². The Labute approximate surface area is 92.4 Å². The van der Waals surface area contributed by atoms with Crippen LogP contribution in [0.4, 0.5) is 4.39 Å². The second kappa shape index (κ2) is 4.75. The van der Waals surface area contributed by atoms with Crippen LogP contribution >= 0.6 is 11.8 Å². The SMILES string of the molecule is Oc1ccc(O[C@@H]2CCCCS2)c(F)c1. The van der Waals surface area contributed by atoms with Crippen LogP contribution in [0.25, 0.3) is 0 Å². The van der Waals surface area contributed by atoms with Gasteiger partial charge in [-0.25, -0.2) is 4.39 Å². The average molecular weight is 228 g/mol. The fraction of sp³-hybridized carbons (Fsp3) is 0.455. The van der Waals surface area contributed by atoms with E-state index in [0.717, 1.165) is 24.7 Å². The molecule has 1 atom stereocenters. The van der Waals surface area contributed by atoms with Crippen LogP contribution in [-0.2, 0) is 0 Å². The van der Waals surface area contributed by atoms with Crippen LogP contribution < -0.4 is 4.74 Å². The van der Waals surface area contributed by atoms with Crippen LogP contribution in [0.15, 0.2) is 18.2 Å². The summed E-state index contributed by atoms with van der Waals surface area (Å²) < 4.78 is 18.8. The van der Waals surface area contributed by atoms with Gasteiger partial charge < -0.3 is 9.84 Å². The quantitative estimate of drug-likeness (QED) is 0.843. The molecule has 1 aromatic carbocycles.